The van der Waals surface area contributed by atoms with Gasteiger partial charge in [0.15, 0.2) is 6.61 Å². The van der Waals surface area contributed by atoms with Crippen molar-refractivity contribution in [3.8, 4) is 5.75 Å². The number of hydrogen-bond acceptors (Lipinski definition) is 3. The quantitative estimate of drug-likeness (QED) is 0.798. The zero-order chi connectivity index (χ0) is 19.2. The normalized spacial score (nSPS) is 10.9. The van der Waals surface area contributed by atoms with Crippen molar-refractivity contribution in [1.29, 1.82) is 0 Å². The predicted octanol–water partition coefficient (Wildman–Crippen LogP) is 3.54. The van der Waals surface area contributed by atoms with Crippen LogP contribution < -0.4 is 15.4 Å². The Morgan fingerprint density at radius 1 is 1.08 bits per heavy atom. The second-order valence-corrected chi connectivity index (χ2v) is 5.61. The summed E-state index contributed by atoms with van der Waals surface area (Å²) in [5.74, 6) is -2.01. The predicted molar refractivity (Wildman–Crippen MR) is 89.9 cm³/mol. The van der Waals surface area contributed by atoms with E-state index in [1.54, 1.807) is 41.7 Å². The summed E-state index contributed by atoms with van der Waals surface area (Å²) in [6, 6.07) is 12.5. The number of carbonyl (C=O) groups is 2. The Kier molecular flexibility index (Phi) is 6.46. The highest BCUT2D eigenvalue weighted by Crippen LogP contribution is 2.17. The smallest absolute Gasteiger partial charge is 0.471 e. The summed E-state index contributed by atoms with van der Waals surface area (Å²) in [6.07, 6.45) is -4.94. The van der Waals surface area contributed by atoms with Crippen molar-refractivity contribution in [3.05, 3.63) is 59.1 Å². The highest BCUT2D eigenvalue weighted by Gasteiger charge is 2.38. The van der Waals surface area contributed by atoms with Gasteiger partial charge in [0.05, 0.1) is 0 Å². The fourth-order valence-electron chi connectivity index (χ4n) is 1.92. The molecule has 26 heavy (non-hydrogen) atoms. The van der Waals surface area contributed by atoms with E-state index in [9.17, 15) is 22.8 Å². The van der Waals surface area contributed by atoms with E-state index in [-0.39, 0.29) is 13.2 Å². The first-order chi connectivity index (χ1) is 12.2. The number of rotatable bonds is 6. The van der Waals surface area contributed by atoms with E-state index in [4.69, 9.17) is 16.3 Å². The molecule has 9 heteroatoms. The topological polar surface area (TPSA) is 67.4 Å². The molecule has 0 fully saturated rings. The van der Waals surface area contributed by atoms with E-state index >= 15 is 0 Å². The Bertz CT molecular complexity index is 780. The van der Waals surface area contributed by atoms with Gasteiger partial charge >= 0.3 is 12.1 Å². The van der Waals surface area contributed by atoms with Crippen LogP contribution in [0.25, 0.3) is 0 Å². The zero-order valence-corrected chi connectivity index (χ0v) is 14.0. The number of halogens is 4. The number of benzene rings is 2. The van der Waals surface area contributed by atoms with Gasteiger partial charge in [-0.2, -0.15) is 13.2 Å². The Morgan fingerprint density at radius 3 is 2.42 bits per heavy atom. The molecule has 0 atom stereocenters. The first-order valence-corrected chi connectivity index (χ1v) is 7.74. The van der Waals surface area contributed by atoms with Crippen molar-refractivity contribution in [3.63, 3.8) is 0 Å². The number of anilines is 1. The maximum atomic E-state index is 12.2. The van der Waals surface area contributed by atoms with Gasteiger partial charge in [-0.1, -0.05) is 23.7 Å². The lowest BCUT2D eigenvalue weighted by atomic mass is 10.2. The summed E-state index contributed by atoms with van der Waals surface area (Å²) in [5.41, 5.74) is 0.771. The van der Waals surface area contributed by atoms with Crippen LogP contribution in [-0.4, -0.2) is 24.6 Å². The van der Waals surface area contributed by atoms with Crippen molar-refractivity contribution in [2.45, 2.75) is 12.7 Å². The molecule has 0 aliphatic rings. The molecule has 138 valence electrons. The minimum absolute atomic E-state index is 0.253. The van der Waals surface area contributed by atoms with Crippen molar-refractivity contribution in [2.75, 3.05) is 11.9 Å². The molecule has 2 aromatic rings. The van der Waals surface area contributed by atoms with Crippen molar-refractivity contribution in [1.82, 2.24) is 5.32 Å². The highest BCUT2D eigenvalue weighted by molar-refractivity contribution is 6.30. The van der Waals surface area contributed by atoms with Gasteiger partial charge in [-0.25, -0.2) is 0 Å². The minimum Gasteiger partial charge on any atom is -0.484 e. The maximum Gasteiger partial charge on any atom is 0.471 e. The van der Waals surface area contributed by atoms with Gasteiger partial charge < -0.3 is 15.4 Å². The van der Waals surface area contributed by atoms with Crippen LogP contribution in [-0.2, 0) is 16.1 Å². The van der Waals surface area contributed by atoms with E-state index in [2.05, 4.69) is 5.32 Å². The number of carbonyl (C=O) groups excluding carboxylic acids is 2. The van der Waals surface area contributed by atoms with Gasteiger partial charge in [-0.15, -0.1) is 0 Å². The summed E-state index contributed by atoms with van der Waals surface area (Å²) >= 11 is 5.74. The maximum absolute atomic E-state index is 12.2. The third kappa shape index (κ3) is 6.29. The molecule has 0 bridgehead atoms. The van der Waals surface area contributed by atoms with Gasteiger partial charge in [0.1, 0.15) is 5.75 Å². The lowest BCUT2D eigenvalue weighted by Gasteiger charge is -2.10. The number of alkyl halides is 3. The van der Waals surface area contributed by atoms with Gasteiger partial charge in [0.25, 0.3) is 5.91 Å². The molecule has 0 aliphatic carbocycles. The van der Waals surface area contributed by atoms with Gasteiger partial charge in [0.2, 0.25) is 0 Å². The van der Waals surface area contributed by atoms with Crippen LogP contribution in [0, 0.1) is 0 Å². The monoisotopic (exact) mass is 386 g/mol. The highest BCUT2D eigenvalue weighted by atomic mass is 35.5. The van der Waals surface area contributed by atoms with E-state index in [0.29, 0.717) is 22.0 Å². The SMILES string of the molecule is O=C(COc1ccc(Cl)cc1)Nc1cccc(CNC(=O)C(F)(F)F)c1. The van der Waals surface area contributed by atoms with Crippen molar-refractivity contribution >= 4 is 29.1 Å². The molecular weight excluding hydrogens is 373 g/mol. The Balaban J connectivity index is 1.86. The molecule has 0 spiro atoms. The van der Waals surface area contributed by atoms with Crippen LogP contribution in [0.15, 0.2) is 48.5 Å². The fourth-order valence-corrected chi connectivity index (χ4v) is 2.04. The molecule has 2 amide bonds. The Hall–Kier alpha value is -2.74. The van der Waals surface area contributed by atoms with Crippen LogP contribution in [0.1, 0.15) is 5.56 Å². The van der Waals surface area contributed by atoms with E-state index < -0.39 is 18.0 Å². The Morgan fingerprint density at radius 2 is 1.77 bits per heavy atom. The van der Waals surface area contributed by atoms with Crippen LogP contribution in [0.4, 0.5) is 18.9 Å². The second kappa shape index (κ2) is 8.57. The molecule has 2 N–H and O–H groups in total. The summed E-state index contributed by atoms with van der Waals surface area (Å²) in [5, 5.41) is 4.85. The fraction of sp³-hybridized carbons (Fsp3) is 0.176. The molecule has 0 unspecified atom stereocenters. The molecule has 2 rings (SSSR count). The number of ether oxygens (including phenoxy) is 1. The average Bonchev–Trinajstić information content (AvgIpc) is 2.58. The van der Waals surface area contributed by atoms with E-state index in [1.165, 1.54) is 12.1 Å². The minimum atomic E-state index is -4.94. The summed E-state index contributed by atoms with van der Waals surface area (Å²) in [6.45, 7) is -0.569. The van der Waals surface area contributed by atoms with Gasteiger partial charge in [-0.3, -0.25) is 9.59 Å². The molecule has 0 saturated carbocycles. The molecule has 0 saturated heterocycles. The molecule has 5 nitrogen and oxygen atoms in total. The first-order valence-electron chi connectivity index (χ1n) is 7.36. The van der Waals surface area contributed by atoms with Gasteiger partial charge in [0, 0.05) is 17.3 Å². The lowest BCUT2D eigenvalue weighted by Crippen LogP contribution is -2.36. The number of hydrogen-bond donors (Lipinski definition) is 2. The molecular formula is C17H14ClF3N2O3. The zero-order valence-electron chi connectivity index (χ0n) is 13.3. The summed E-state index contributed by atoms with van der Waals surface area (Å²) < 4.78 is 41.8. The third-order valence-corrected chi connectivity index (χ3v) is 3.36. The summed E-state index contributed by atoms with van der Waals surface area (Å²) in [7, 11) is 0. The number of nitrogens with one attached hydrogen (secondary N) is 2. The van der Waals surface area contributed by atoms with Crippen LogP contribution in [0.3, 0.4) is 0 Å². The first kappa shape index (κ1) is 19.6. The van der Waals surface area contributed by atoms with E-state index in [1.807, 2.05) is 0 Å². The van der Waals surface area contributed by atoms with Crippen molar-refractivity contribution < 1.29 is 27.5 Å². The average molecular weight is 387 g/mol. The molecule has 0 heterocycles. The van der Waals surface area contributed by atoms with Gasteiger partial charge in [-0.05, 0) is 42.0 Å². The van der Waals surface area contributed by atoms with Crippen LogP contribution in [0.5, 0.6) is 5.75 Å². The molecule has 0 radical (unpaired) electrons. The standard InChI is InChI=1S/C17H14ClF3N2O3/c18-12-4-6-14(7-5-12)26-10-15(24)23-13-3-1-2-11(8-13)9-22-16(25)17(19,20)21/h1-8H,9-10H2,(H,22,25)(H,23,24). The molecule has 0 aliphatic heterocycles. The van der Waals surface area contributed by atoms with Crippen LogP contribution >= 0.6 is 11.6 Å². The Labute approximate surface area is 152 Å². The van der Waals surface area contributed by atoms with E-state index in [0.717, 1.165) is 0 Å². The second-order valence-electron chi connectivity index (χ2n) is 5.17. The largest absolute Gasteiger partial charge is 0.484 e. The summed E-state index contributed by atoms with van der Waals surface area (Å²) in [4.78, 5) is 22.7. The van der Waals surface area contributed by atoms with Crippen molar-refractivity contribution in [2.24, 2.45) is 0 Å². The van der Waals surface area contributed by atoms with Crippen LogP contribution in [0.2, 0.25) is 5.02 Å². The molecule has 0 aromatic heterocycles. The molecule has 2 aromatic carbocycles. The lowest BCUT2D eigenvalue weighted by molar-refractivity contribution is -0.173. The third-order valence-electron chi connectivity index (χ3n) is 3.10. The number of amides is 2.